The summed E-state index contributed by atoms with van der Waals surface area (Å²) in [7, 11) is 0. The van der Waals surface area contributed by atoms with E-state index >= 15 is 0 Å². The van der Waals surface area contributed by atoms with E-state index in [0.29, 0.717) is 29.0 Å². The molecule has 0 unspecified atom stereocenters. The van der Waals surface area contributed by atoms with Crippen LogP contribution in [-0.2, 0) is 11.2 Å². The number of ether oxygens (including phenoxy) is 1. The Bertz CT molecular complexity index is 732. The van der Waals surface area contributed by atoms with E-state index in [0.717, 1.165) is 44.7 Å². The predicted octanol–water partition coefficient (Wildman–Crippen LogP) is 3.23. The molecular formula is C19H23ClN4O3. The molecule has 0 atom stereocenters. The summed E-state index contributed by atoms with van der Waals surface area (Å²) in [6.45, 7) is 2.53. The van der Waals surface area contributed by atoms with Crippen LogP contribution >= 0.6 is 11.6 Å². The fraction of sp³-hybridized carbons (Fsp3) is 0.474. The number of carboxylic acids is 1. The minimum atomic E-state index is -0.862. The maximum atomic E-state index is 10.7. The second kappa shape index (κ2) is 9.50. The fourth-order valence-corrected chi connectivity index (χ4v) is 3.31. The molecule has 3 rings (SSSR count). The van der Waals surface area contributed by atoms with Gasteiger partial charge in [-0.3, -0.25) is 4.79 Å². The van der Waals surface area contributed by atoms with Gasteiger partial charge in [0.2, 0.25) is 11.8 Å². The zero-order valence-corrected chi connectivity index (χ0v) is 15.8. The lowest BCUT2D eigenvalue weighted by Gasteiger charge is -2.31. The lowest BCUT2D eigenvalue weighted by Crippen LogP contribution is -2.34. The van der Waals surface area contributed by atoms with Gasteiger partial charge in [-0.15, -0.1) is 0 Å². The average Bonchev–Trinajstić information content (AvgIpc) is 2.67. The van der Waals surface area contributed by atoms with Gasteiger partial charge in [0.05, 0.1) is 30.4 Å². The average molecular weight is 391 g/mol. The van der Waals surface area contributed by atoms with Gasteiger partial charge in [0.15, 0.2) is 0 Å². The van der Waals surface area contributed by atoms with E-state index < -0.39 is 5.97 Å². The topological polar surface area (TPSA) is 88.4 Å². The number of aliphatic carboxylic acids is 1. The van der Waals surface area contributed by atoms with E-state index in [1.165, 1.54) is 0 Å². The Morgan fingerprint density at radius 1 is 1.19 bits per heavy atom. The Hall–Kier alpha value is -2.41. The van der Waals surface area contributed by atoms with Crippen LogP contribution in [0.2, 0.25) is 5.02 Å². The summed E-state index contributed by atoms with van der Waals surface area (Å²) in [4.78, 5) is 25.6. The first kappa shape index (κ1) is 19.4. The predicted molar refractivity (Wildman–Crippen MR) is 102 cm³/mol. The molecule has 3 heterocycles. The zero-order chi connectivity index (χ0) is 19.1. The smallest absolute Gasteiger partial charge is 0.307 e. The van der Waals surface area contributed by atoms with Crippen molar-refractivity contribution < 1.29 is 14.6 Å². The van der Waals surface area contributed by atoms with E-state index in [1.807, 2.05) is 0 Å². The highest BCUT2D eigenvalue weighted by Gasteiger charge is 2.20. The molecule has 1 saturated heterocycles. The van der Waals surface area contributed by atoms with E-state index in [1.54, 1.807) is 30.7 Å². The van der Waals surface area contributed by atoms with Gasteiger partial charge in [0.25, 0.3) is 0 Å². The molecule has 1 aliphatic rings. The van der Waals surface area contributed by atoms with Crippen molar-refractivity contribution in [2.24, 2.45) is 5.92 Å². The van der Waals surface area contributed by atoms with Crippen LogP contribution in [0.5, 0.6) is 5.88 Å². The van der Waals surface area contributed by atoms with E-state index in [-0.39, 0.29) is 6.42 Å². The second-order valence-electron chi connectivity index (χ2n) is 6.70. The van der Waals surface area contributed by atoms with Crippen LogP contribution in [0.1, 0.15) is 31.2 Å². The van der Waals surface area contributed by atoms with Crippen LogP contribution in [0, 0.1) is 5.92 Å². The molecule has 1 N–H and O–H groups in total. The summed E-state index contributed by atoms with van der Waals surface area (Å²) in [5.41, 5.74) is 0.672. The second-order valence-corrected chi connectivity index (χ2v) is 7.13. The van der Waals surface area contributed by atoms with Crippen molar-refractivity contribution in [3.05, 3.63) is 41.3 Å². The molecule has 1 fully saturated rings. The molecule has 2 aromatic heterocycles. The molecule has 27 heavy (non-hydrogen) atoms. The summed E-state index contributed by atoms with van der Waals surface area (Å²) in [5.74, 6) is 1.11. The number of rotatable bonds is 8. The van der Waals surface area contributed by atoms with Crippen LogP contribution in [0.3, 0.4) is 0 Å². The van der Waals surface area contributed by atoms with Gasteiger partial charge in [0.1, 0.15) is 0 Å². The minimum absolute atomic E-state index is 0.0208. The summed E-state index contributed by atoms with van der Waals surface area (Å²) in [6, 6.07) is 3.47. The number of halogens is 1. The molecule has 7 nitrogen and oxygen atoms in total. The number of piperidine rings is 1. The number of anilines is 1. The number of hydrogen-bond acceptors (Lipinski definition) is 6. The molecule has 2 aromatic rings. The van der Waals surface area contributed by atoms with Crippen LogP contribution < -0.4 is 9.64 Å². The van der Waals surface area contributed by atoms with Gasteiger partial charge in [-0.2, -0.15) is 0 Å². The highest BCUT2D eigenvalue weighted by Crippen LogP contribution is 2.24. The van der Waals surface area contributed by atoms with Crippen molar-refractivity contribution in [1.82, 2.24) is 15.0 Å². The highest BCUT2D eigenvalue weighted by molar-refractivity contribution is 6.30. The molecule has 0 aliphatic carbocycles. The maximum Gasteiger partial charge on any atom is 0.307 e. The monoisotopic (exact) mass is 390 g/mol. The van der Waals surface area contributed by atoms with Crippen molar-refractivity contribution in [3.63, 3.8) is 0 Å². The van der Waals surface area contributed by atoms with Gasteiger partial charge in [-0.05, 0) is 37.2 Å². The van der Waals surface area contributed by atoms with Gasteiger partial charge in [0, 0.05) is 25.4 Å². The van der Waals surface area contributed by atoms with Gasteiger partial charge >= 0.3 is 5.97 Å². The normalized spacial score (nSPS) is 14.9. The molecular weight excluding hydrogens is 368 g/mol. The van der Waals surface area contributed by atoms with Crippen LogP contribution in [0.15, 0.2) is 30.7 Å². The first-order chi connectivity index (χ1) is 13.1. The molecule has 0 aromatic carbocycles. The fourth-order valence-electron chi connectivity index (χ4n) is 3.21. The Kier molecular flexibility index (Phi) is 6.81. The molecule has 8 heteroatoms. The van der Waals surface area contributed by atoms with Gasteiger partial charge < -0.3 is 14.7 Å². The largest absolute Gasteiger partial charge is 0.481 e. The maximum absolute atomic E-state index is 10.7. The summed E-state index contributed by atoms with van der Waals surface area (Å²) in [6.07, 6.45) is 9.13. The van der Waals surface area contributed by atoms with Crippen molar-refractivity contribution in [3.8, 4) is 5.88 Å². The van der Waals surface area contributed by atoms with Gasteiger partial charge in [-0.25, -0.2) is 15.0 Å². The Morgan fingerprint density at radius 3 is 2.56 bits per heavy atom. The van der Waals surface area contributed by atoms with Gasteiger partial charge in [-0.1, -0.05) is 17.7 Å². The van der Waals surface area contributed by atoms with Crippen molar-refractivity contribution in [2.75, 3.05) is 24.6 Å². The Balaban J connectivity index is 1.33. The number of carboxylic acid groups (broad SMARTS) is 1. The molecule has 0 radical (unpaired) electrons. The number of aromatic nitrogens is 3. The van der Waals surface area contributed by atoms with E-state index in [9.17, 15) is 4.79 Å². The van der Waals surface area contributed by atoms with Crippen molar-refractivity contribution in [1.29, 1.82) is 0 Å². The lowest BCUT2D eigenvalue weighted by atomic mass is 9.92. The van der Waals surface area contributed by atoms with Crippen LogP contribution in [0.4, 0.5) is 5.95 Å². The third-order valence-corrected chi connectivity index (χ3v) is 4.86. The van der Waals surface area contributed by atoms with E-state index in [2.05, 4.69) is 19.9 Å². The molecule has 0 spiro atoms. The summed E-state index contributed by atoms with van der Waals surface area (Å²) in [5, 5.41) is 9.31. The number of pyridine rings is 1. The third kappa shape index (κ3) is 6.06. The Morgan fingerprint density at radius 2 is 1.93 bits per heavy atom. The molecule has 1 aliphatic heterocycles. The van der Waals surface area contributed by atoms with Crippen molar-refractivity contribution in [2.45, 2.75) is 32.1 Å². The third-order valence-electron chi connectivity index (χ3n) is 4.66. The lowest BCUT2D eigenvalue weighted by molar-refractivity contribution is -0.136. The summed E-state index contributed by atoms with van der Waals surface area (Å²) >= 11 is 5.83. The van der Waals surface area contributed by atoms with E-state index in [4.69, 9.17) is 21.4 Å². The molecule has 0 amide bonds. The highest BCUT2D eigenvalue weighted by atomic mass is 35.5. The SMILES string of the molecule is O=C(O)Cc1ccc(OCCCC2CCN(c3ncc(Cl)cn3)CC2)nc1. The zero-order valence-electron chi connectivity index (χ0n) is 15.1. The molecule has 144 valence electrons. The minimum Gasteiger partial charge on any atom is -0.481 e. The first-order valence-electron chi connectivity index (χ1n) is 9.12. The number of nitrogens with zero attached hydrogens (tertiary/aromatic N) is 4. The summed E-state index contributed by atoms with van der Waals surface area (Å²) < 4.78 is 5.66. The number of hydrogen-bond donors (Lipinski definition) is 1. The van der Waals surface area contributed by atoms with Crippen LogP contribution in [0.25, 0.3) is 0 Å². The van der Waals surface area contributed by atoms with Crippen LogP contribution in [-0.4, -0.2) is 45.7 Å². The molecule has 0 saturated carbocycles. The molecule has 0 bridgehead atoms. The van der Waals surface area contributed by atoms with Crippen molar-refractivity contribution >= 4 is 23.5 Å². The quantitative estimate of drug-likeness (QED) is 0.692. The standard InChI is InChI=1S/C19H23ClN4O3/c20-16-12-22-19(23-13-16)24-7-5-14(6-8-24)2-1-9-27-17-4-3-15(11-21-17)10-18(25)26/h3-4,11-14H,1-2,5-10H2,(H,25,26). The first-order valence-corrected chi connectivity index (χ1v) is 9.50. The Labute approximate surface area is 163 Å². The number of carbonyl (C=O) groups is 1.